The van der Waals surface area contributed by atoms with Gasteiger partial charge in [-0.25, -0.2) is 4.79 Å². The summed E-state index contributed by atoms with van der Waals surface area (Å²) < 4.78 is 0. The Hall–Kier alpha value is -2.82. The lowest BCUT2D eigenvalue weighted by Gasteiger charge is -2.14. The molecule has 5 heteroatoms. The van der Waals surface area contributed by atoms with E-state index in [1.807, 2.05) is 68.4 Å². The predicted octanol–water partition coefficient (Wildman–Crippen LogP) is 2.67. The van der Waals surface area contributed by atoms with Crippen molar-refractivity contribution >= 4 is 11.9 Å². The second kappa shape index (κ2) is 8.72. The van der Waals surface area contributed by atoms with E-state index < -0.39 is 0 Å². The smallest absolute Gasteiger partial charge is 0.315 e. The number of aryl methyl sites for hydroxylation is 1. The van der Waals surface area contributed by atoms with Crippen molar-refractivity contribution < 1.29 is 9.59 Å². The summed E-state index contributed by atoms with van der Waals surface area (Å²) in [6.45, 7) is 4.29. The van der Waals surface area contributed by atoms with Gasteiger partial charge >= 0.3 is 6.03 Å². The molecular formula is C19H23N3O2. The molecule has 0 spiro atoms. The van der Waals surface area contributed by atoms with Gasteiger partial charge in [0, 0.05) is 6.54 Å². The number of amides is 3. The van der Waals surface area contributed by atoms with Crippen molar-refractivity contribution in [2.75, 3.05) is 6.54 Å². The van der Waals surface area contributed by atoms with E-state index in [1.54, 1.807) is 0 Å². The average molecular weight is 325 g/mol. The fourth-order valence-corrected chi connectivity index (χ4v) is 2.23. The number of hydrogen-bond donors (Lipinski definition) is 3. The molecule has 0 aliphatic carbocycles. The summed E-state index contributed by atoms with van der Waals surface area (Å²) in [4.78, 5) is 23.6. The fraction of sp³-hybridized carbons (Fsp3) is 0.263. The van der Waals surface area contributed by atoms with Crippen LogP contribution in [0.4, 0.5) is 4.79 Å². The third kappa shape index (κ3) is 5.76. The van der Waals surface area contributed by atoms with E-state index in [-0.39, 0.29) is 24.5 Å². The van der Waals surface area contributed by atoms with Crippen LogP contribution in [0.1, 0.15) is 29.7 Å². The first-order valence-electron chi connectivity index (χ1n) is 7.96. The zero-order valence-electron chi connectivity index (χ0n) is 14.0. The van der Waals surface area contributed by atoms with Crippen molar-refractivity contribution in [3.63, 3.8) is 0 Å². The minimum atomic E-state index is -0.363. The molecule has 0 saturated heterocycles. The Labute approximate surface area is 142 Å². The maximum absolute atomic E-state index is 11.9. The summed E-state index contributed by atoms with van der Waals surface area (Å²) >= 11 is 0. The first kappa shape index (κ1) is 17.5. The highest BCUT2D eigenvalue weighted by Gasteiger charge is 2.10. The Balaban J connectivity index is 1.69. The minimum Gasteiger partial charge on any atom is -0.348 e. The summed E-state index contributed by atoms with van der Waals surface area (Å²) in [7, 11) is 0. The Kier molecular flexibility index (Phi) is 6.37. The zero-order chi connectivity index (χ0) is 17.4. The van der Waals surface area contributed by atoms with Crippen molar-refractivity contribution in [3.8, 4) is 0 Å². The first-order valence-corrected chi connectivity index (χ1v) is 7.96. The van der Waals surface area contributed by atoms with Gasteiger partial charge < -0.3 is 16.0 Å². The van der Waals surface area contributed by atoms with Crippen LogP contribution in [0, 0.1) is 6.92 Å². The molecule has 0 aromatic heterocycles. The largest absolute Gasteiger partial charge is 0.348 e. The van der Waals surface area contributed by atoms with Gasteiger partial charge in [-0.05, 0) is 25.0 Å². The average Bonchev–Trinajstić information content (AvgIpc) is 2.60. The van der Waals surface area contributed by atoms with Crippen molar-refractivity contribution in [1.82, 2.24) is 16.0 Å². The molecular weight excluding hydrogens is 302 g/mol. The third-order valence-electron chi connectivity index (χ3n) is 3.66. The monoisotopic (exact) mass is 325 g/mol. The molecule has 0 bridgehead atoms. The summed E-state index contributed by atoms with van der Waals surface area (Å²) in [6.07, 6.45) is 0. The highest BCUT2D eigenvalue weighted by Crippen LogP contribution is 2.10. The van der Waals surface area contributed by atoms with Crippen LogP contribution in [0.15, 0.2) is 54.6 Å². The summed E-state index contributed by atoms with van der Waals surface area (Å²) in [5.41, 5.74) is 3.21. The van der Waals surface area contributed by atoms with Gasteiger partial charge in [0.25, 0.3) is 0 Å². The molecule has 2 aromatic rings. The number of urea groups is 1. The number of carbonyl (C=O) groups excluding carboxylic acids is 2. The number of carbonyl (C=O) groups is 2. The molecule has 0 aliphatic rings. The Bertz CT molecular complexity index is 669. The molecule has 0 unspecified atom stereocenters. The quantitative estimate of drug-likeness (QED) is 0.764. The molecule has 0 aliphatic heterocycles. The van der Waals surface area contributed by atoms with Crippen molar-refractivity contribution in [1.29, 1.82) is 0 Å². The lowest BCUT2D eigenvalue weighted by Crippen LogP contribution is -2.42. The van der Waals surface area contributed by atoms with Gasteiger partial charge in [-0.15, -0.1) is 0 Å². The molecule has 2 rings (SSSR count). The van der Waals surface area contributed by atoms with Crippen LogP contribution in [0.3, 0.4) is 0 Å². The fourth-order valence-electron chi connectivity index (χ4n) is 2.23. The summed E-state index contributed by atoms with van der Waals surface area (Å²) in [5, 5.41) is 8.14. The van der Waals surface area contributed by atoms with Crippen molar-refractivity contribution in [2.24, 2.45) is 0 Å². The lowest BCUT2D eigenvalue weighted by atomic mass is 10.1. The van der Waals surface area contributed by atoms with E-state index in [4.69, 9.17) is 0 Å². The second-order valence-corrected chi connectivity index (χ2v) is 5.72. The molecule has 24 heavy (non-hydrogen) atoms. The number of nitrogens with one attached hydrogen (secondary N) is 3. The van der Waals surface area contributed by atoms with Gasteiger partial charge in [0.05, 0.1) is 12.6 Å². The van der Waals surface area contributed by atoms with Crippen LogP contribution < -0.4 is 16.0 Å². The van der Waals surface area contributed by atoms with Crippen LogP contribution in [0.25, 0.3) is 0 Å². The lowest BCUT2D eigenvalue weighted by molar-refractivity contribution is -0.120. The Morgan fingerprint density at radius 3 is 2.29 bits per heavy atom. The molecule has 1 atom stereocenters. The Morgan fingerprint density at radius 1 is 0.958 bits per heavy atom. The van der Waals surface area contributed by atoms with E-state index in [9.17, 15) is 9.59 Å². The number of hydrogen-bond acceptors (Lipinski definition) is 2. The highest BCUT2D eigenvalue weighted by molar-refractivity contribution is 5.84. The van der Waals surface area contributed by atoms with Gasteiger partial charge in [0.15, 0.2) is 0 Å². The SMILES string of the molecule is Cc1ccc(CNC(=O)NCC(=O)N[C@H](C)c2ccccc2)cc1. The number of benzene rings is 2. The van der Waals surface area contributed by atoms with E-state index in [0.717, 1.165) is 11.1 Å². The third-order valence-corrected chi connectivity index (χ3v) is 3.66. The highest BCUT2D eigenvalue weighted by atomic mass is 16.2. The van der Waals surface area contributed by atoms with E-state index in [1.165, 1.54) is 5.56 Å². The standard InChI is InChI=1S/C19H23N3O2/c1-14-8-10-16(11-9-14)12-20-19(24)21-13-18(23)22-15(2)17-6-4-3-5-7-17/h3-11,15H,12-13H2,1-2H3,(H,22,23)(H2,20,21,24)/t15-/m1/s1. The van der Waals surface area contributed by atoms with Crippen LogP contribution in [0.2, 0.25) is 0 Å². The van der Waals surface area contributed by atoms with Crippen molar-refractivity contribution in [2.45, 2.75) is 26.4 Å². The maximum atomic E-state index is 11.9. The molecule has 0 saturated carbocycles. The molecule has 0 radical (unpaired) electrons. The normalized spacial score (nSPS) is 11.4. The molecule has 0 fully saturated rings. The topological polar surface area (TPSA) is 70.2 Å². The summed E-state index contributed by atoms with van der Waals surface area (Å²) in [5.74, 6) is -0.225. The van der Waals surface area contributed by atoms with E-state index >= 15 is 0 Å². The van der Waals surface area contributed by atoms with Crippen molar-refractivity contribution in [3.05, 3.63) is 71.3 Å². The molecule has 0 heterocycles. The van der Waals surface area contributed by atoms with Crippen LogP contribution in [-0.2, 0) is 11.3 Å². The minimum absolute atomic E-state index is 0.0586. The summed E-state index contributed by atoms with van der Waals surface area (Å²) in [6, 6.07) is 17.1. The van der Waals surface area contributed by atoms with Gasteiger partial charge in [-0.1, -0.05) is 60.2 Å². The van der Waals surface area contributed by atoms with Crippen LogP contribution in [0.5, 0.6) is 0 Å². The molecule has 5 nitrogen and oxygen atoms in total. The molecule has 3 amide bonds. The van der Waals surface area contributed by atoms with Gasteiger partial charge in [-0.3, -0.25) is 4.79 Å². The molecule has 3 N–H and O–H groups in total. The van der Waals surface area contributed by atoms with E-state index in [2.05, 4.69) is 16.0 Å². The zero-order valence-corrected chi connectivity index (χ0v) is 14.0. The first-order chi connectivity index (χ1) is 11.5. The van der Waals surface area contributed by atoms with Gasteiger partial charge in [0.1, 0.15) is 0 Å². The van der Waals surface area contributed by atoms with Crippen LogP contribution >= 0.6 is 0 Å². The molecule has 2 aromatic carbocycles. The van der Waals surface area contributed by atoms with E-state index in [0.29, 0.717) is 6.54 Å². The number of rotatable bonds is 6. The predicted molar refractivity (Wildman–Crippen MR) is 94.4 cm³/mol. The van der Waals surface area contributed by atoms with Gasteiger partial charge in [-0.2, -0.15) is 0 Å². The van der Waals surface area contributed by atoms with Gasteiger partial charge in [0.2, 0.25) is 5.91 Å². The second-order valence-electron chi connectivity index (χ2n) is 5.72. The molecule has 126 valence electrons. The van der Waals surface area contributed by atoms with Crippen LogP contribution in [-0.4, -0.2) is 18.5 Å². The maximum Gasteiger partial charge on any atom is 0.315 e. The Morgan fingerprint density at radius 2 is 1.62 bits per heavy atom.